The van der Waals surface area contributed by atoms with Gasteiger partial charge >= 0.3 is 0 Å². The van der Waals surface area contributed by atoms with Crippen molar-refractivity contribution in [1.82, 2.24) is 10.2 Å². The lowest BCUT2D eigenvalue weighted by Gasteiger charge is -2.49. The highest BCUT2D eigenvalue weighted by Gasteiger charge is 2.42. The highest BCUT2D eigenvalue weighted by atomic mass is 35.5. The average molecular weight is 311 g/mol. The zero-order valence-electron chi connectivity index (χ0n) is 12.0. The van der Waals surface area contributed by atoms with Crippen molar-refractivity contribution in [1.29, 1.82) is 0 Å². The first-order valence-electron chi connectivity index (χ1n) is 7.60. The summed E-state index contributed by atoms with van der Waals surface area (Å²) in [6, 6.07) is 4.24. The first-order chi connectivity index (χ1) is 10.1. The predicted molar refractivity (Wildman–Crippen MR) is 81.1 cm³/mol. The van der Waals surface area contributed by atoms with Crippen LogP contribution in [0.1, 0.15) is 42.5 Å². The molecule has 1 aliphatic carbocycles. The lowest BCUT2D eigenvalue weighted by atomic mass is 9.78. The van der Waals surface area contributed by atoms with Gasteiger partial charge in [-0.05, 0) is 31.0 Å². The Morgan fingerprint density at radius 3 is 2.76 bits per heavy atom. The molecule has 0 radical (unpaired) electrons. The van der Waals surface area contributed by atoms with Crippen LogP contribution in [0.25, 0.3) is 0 Å². The molecule has 1 heterocycles. The molecular weight excluding hydrogens is 291 g/mol. The molecule has 3 nitrogen and oxygen atoms in total. The molecule has 3 rings (SSSR count). The Balaban J connectivity index is 1.88. The minimum absolute atomic E-state index is 0.00804. The topological polar surface area (TPSA) is 32.3 Å². The predicted octanol–water partition coefficient (Wildman–Crippen LogP) is 3.23. The Morgan fingerprint density at radius 1 is 1.29 bits per heavy atom. The van der Waals surface area contributed by atoms with Crippen molar-refractivity contribution in [3.05, 3.63) is 34.6 Å². The SMILES string of the molecule is O=C(c1ccc(F)c(Cl)c1)N1CCNCC12CCCCC2. The number of hydrogen-bond donors (Lipinski definition) is 1. The highest BCUT2D eigenvalue weighted by molar-refractivity contribution is 6.31. The fourth-order valence-electron chi connectivity index (χ4n) is 3.60. The van der Waals surface area contributed by atoms with E-state index < -0.39 is 5.82 Å². The van der Waals surface area contributed by atoms with Crippen LogP contribution in [0.15, 0.2) is 18.2 Å². The molecule has 1 amide bonds. The van der Waals surface area contributed by atoms with Crippen LogP contribution in [0.4, 0.5) is 4.39 Å². The molecule has 114 valence electrons. The Hall–Kier alpha value is -1.13. The third-order valence-electron chi connectivity index (χ3n) is 4.73. The summed E-state index contributed by atoms with van der Waals surface area (Å²) in [5.74, 6) is -0.513. The van der Waals surface area contributed by atoms with E-state index in [4.69, 9.17) is 11.6 Å². The van der Waals surface area contributed by atoms with E-state index in [1.54, 1.807) is 0 Å². The Kier molecular flexibility index (Phi) is 4.18. The highest BCUT2D eigenvalue weighted by Crippen LogP contribution is 2.35. The van der Waals surface area contributed by atoms with Gasteiger partial charge in [0.2, 0.25) is 0 Å². The van der Waals surface area contributed by atoms with Crippen LogP contribution >= 0.6 is 11.6 Å². The zero-order valence-corrected chi connectivity index (χ0v) is 12.8. The van der Waals surface area contributed by atoms with Gasteiger partial charge in [-0.15, -0.1) is 0 Å². The molecule has 2 fully saturated rings. The Labute approximate surface area is 129 Å². The van der Waals surface area contributed by atoms with E-state index in [-0.39, 0.29) is 16.5 Å². The van der Waals surface area contributed by atoms with Crippen molar-refractivity contribution in [3.63, 3.8) is 0 Å². The summed E-state index contributed by atoms with van der Waals surface area (Å²) in [7, 11) is 0. The second kappa shape index (κ2) is 5.93. The third kappa shape index (κ3) is 2.79. The standard InChI is InChI=1S/C16H20ClFN2O/c17-13-10-12(4-5-14(13)18)15(21)20-9-8-19-11-16(20)6-2-1-3-7-16/h4-5,10,19H,1-3,6-9,11H2. The van der Waals surface area contributed by atoms with Gasteiger partial charge in [0.05, 0.1) is 10.6 Å². The van der Waals surface area contributed by atoms with Gasteiger partial charge in [-0.1, -0.05) is 30.9 Å². The molecule has 21 heavy (non-hydrogen) atoms. The molecule has 2 aliphatic rings. The molecule has 1 saturated carbocycles. The van der Waals surface area contributed by atoms with E-state index >= 15 is 0 Å². The normalized spacial score (nSPS) is 21.5. The molecule has 1 aliphatic heterocycles. The Morgan fingerprint density at radius 2 is 2.05 bits per heavy atom. The van der Waals surface area contributed by atoms with Crippen LogP contribution in [0.3, 0.4) is 0 Å². The number of halogens is 2. The first kappa shape index (κ1) is 14.8. The lowest BCUT2D eigenvalue weighted by Crippen LogP contribution is -2.63. The molecule has 0 unspecified atom stereocenters. The van der Waals surface area contributed by atoms with Gasteiger partial charge < -0.3 is 10.2 Å². The second-order valence-corrected chi connectivity index (χ2v) is 6.45. The van der Waals surface area contributed by atoms with Crippen LogP contribution in [0, 0.1) is 5.82 Å². The number of rotatable bonds is 1. The number of hydrogen-bond acceptors (Lipinski definition) is 2. The molecule has 1 aromatic rings. The van der Waals surface area contributed by atoms with Gasteiger partial charge in [0.25, 0.3) is 5.91 Å². The minimum atomic E-state index is -0.485. The number of carbonyl (C=O) groups is 1. The largest absolute Gasteiger partial charge is 0.330 e. The van der Waals surface area contributed by atoms with Gasteiger partial charge in [-0.3, -0.25) is 4.79 Å². The monoisotopic (exact) mass is 310 g/mol. The van der Waals surface area contributed by atoms with Crippen molar-refractivity contribution in [2.75, 3.05) is 19.6 Å². The summed E-state index contributed by atoms with van der Waals surface area (Å²) in [6.07, 6.45) is 5.65. The quantitative estimate of drug-likeness (QED) is 0.864. The number of nitrogens with one attached hydrogen (secondary N) is 1. The van der Waals surface area contributed by atoms with Crippen molar-refractivity contribution in [2.45, 2.75) is 37.6 Å². The first-order valence-corrected chi connectivity index (χ1v) is 7.98. The van der Waals surface area contributed by atoms with Crippen LogP contribution in [0.5, 0.6) is 0 Å². The summed E-state index contributed by atoms with van der Waals surface area (Å²) < 4.78 is 13.3. The van der Waals surface area contributed by atoms with E-state index in [2.05, 4.69) is 5.32 Å². The van der Waals surface area contributed by atoms with Crippen LogP contribution in [0.2, 0.25) is 5.02 Å². The number of amides is 1. The maximum atomic E-state index is 13.3. The number of nitrogens with zero attached hydrogens (tertiary/aromatic N) is 1. The summed E-state index contributed by atoms with van der Waals surface area (Å²) >= 11 is 5.82. The Bertz CT molecular complexity index is 535. The fraction of sp³-hybridized carbons (Fsp3) is 0.562. The maximum Gasteiger partial charge on any atom is 0.254 e. The van der Waals surface area contributed by atoms with Gasteiger partial charge in [0.1, 0.15) is 5.82 Å². The van der Waals surface area contributed by atoms with Crippen LogP contribution in [-0.4, -0.2) is 36.0 Å². The minimum Gasteiger partial charge on any atom is -0.330 e. The van der Waals surface area contributed by atoms with E-state index in [0.717, 1.165) is 38.8 Å². The summed E-state index contributed by atoms with van der Waals surface area (Å²) in [5, 5.41) is 3.43. The molecule has 1 saturated heterocycles. The van der Waals surface area contributed by atoms with Crippen molar-refractivity contribution in [2.24, 2.45) is 0 Å². The van der Waals surface area contributed by atoms with Crippen LogP contribution in [-0.2, 0) is 0 Å². The number of benzene rings is 1. The van der Waals surface area contributed by atoms with Gasteiger partial charge in [-0.25, -0.2) is 4.39 Å². The molecule has 1 N–H and O–H groups in total. The van der Waals surface area contributed by atoms with Crippen molar-refractivity contribution >= 4 is 17.5 Å². The average Bonchev–Trinajstić information content (AvgIpc) is 2.51. The van der Waals surface area contributed by atoms with E-state index in [1.807, 2.05) is 4.90 Å². The molecule has 5 heteroatoms. The van der Waals surface area contributed by atoms with Crippen molar-refractivity contribution < 1.29 is 9.18 Å². The number of carbonyl (C=O) groups excluding carboxylic acids is 1. The zero-order chi connectivity index (χ0) is 14.9. The van der Waals surface area contributed by atoms with Crippen LogP contribution < -0.4 is 5.32 Å². The molecule has 0 bridgehead atoms. The van der Waals surface area contributed by atoms with E-state index in [1.165, 1.54) is 24.6 Å². The van der Waals surface area contributed by atoms with Gasteiger partial charge in [0, 0.05) is 25.2 Å². The third-order valence-corrected chi connectivity index (χ3v) is 5.02. The molecule has 0 atom stereocenters. The maximum absolute atomic E-state index is 13.3. The molecule has 1 spiro atoms. The molecular formula is C16H20ClFN2O. The lowest BCUT2D eigenvalue weighted by molar-refractivity contribution is 0.0222. The van der Waals surface area contributed by atoms with Crippen molar-refractivity contribution in [3.8, 4) is 0 Å². The molecule has 1 aromatic carbocycles. The fourth-order valence-corrected chi connectivity index (χ4v) is 3.78. The summed E-state index contributed by atoms with van der Waals surface area (Å²) in [5.41, 5.74) is 0.405. The summed E-state index contributed by atoms with van der Waals surface area (Å²) in [6.45, 7) is 2.36. The summed E-state index contributed by atoms with van der Waals surface area (Å²) in [4.78, 5) is 14.8. The van der Waals surface area contributed by atoms with E-state index in [9.17, 15) is 9.18 Å². The smallest absolute Gasteiger partial charge is 0.254 e. The van der Waals surface area contributed by atoms with Gasteiger partial charge in [-0.2, -0.15) is 0 Å². The molecule has 0 aromatic heterocycles. The second-order valence-electron chi connectivity index (χ2n) is 6.05. The number of piperazine rings is 1. The van der Waals surface area contributed by atoms with E-state index in [0.29, 0.717) is 12.1 Å². The van der Waals surface area contributed by atoms with Gasteiger partial charge in [0.15, 0.2) is 0 Å².